The molecule has 0 unspecified atom stereocenters. The Labute approximate surface area is 108 Å². The van der Waals surface area contributed by atoms with Crippen molar-refractivity contribution in [2.45, 2.75) is 32.4 Å². The molecule has 3 nitrogen and oxygen atoms in total. The molecule has 1 aromatic carbocycles. The summed E-state index contributed by atoms with van der Waals surface area (Å²) in [6.07, 6.45) is 0. The van der Waals surface area contributed by atoms with E-state index >= 15 is 0 Å². The van der Waals surface area contributed by atoms with Gasteiger partial charge in [-0.3, -0.25) is 0 Å². The van der Waals surface area contributed by atoms with Crippen molar-refractivity contribution in [3.8, 4) is 0 Å². The van der Waals surface area contributed by atoms with E-state index in [1.165, 1.54) is 12.1 Å². The summed E-state index contributed by atoms with van der Waals surface area (Å²) in [5.41, 5.74) is 7.63. The first kappa shape index (κ1) is 13.3. The molecule has 0 spiro atoms. The third-order valence-electron chi connectivity index (χ3n) is 3.25. The van der Waals surface area contributed by atoms with Gasteiger partial charge in [0.05, 0.1) is 12.2 Å². The van der Waals surface area contributed by atoms with Crippen LogP contribution in [0.5, 0.6) is 0 Å². The number of anilines is 1. The van der Waals surface area contributed by atoms with Gasteiger partial charge in [0.25, 0.3) is 0 Å². The van der Waals surface area contributed by atoms with Crippen molar-refractivity contribution in [3.63, 3.8) is 0 Å². The molecule has 0 aliphatic carbocycles. The van der Waals surface area contributed by atoms with Gasteiger partial charge < -0.3 is 15.4 Å². The molecule has 2 rings (SSSR count). The maximum absolute atomic E-state index is 13.3. The first-order valence-electron chi connectivity index (χ1n) is 6.33. The van der Waals surface area contributed by atoms with E-state index in [0.717, 1.165) is 24.3 Å². The zero-order valence-corrected chi connectivity index (χ0v) is 11.2. The van der Waals surface area contributed by atoms with Crippen molar-refractivity contribution in [3.05, 3.63) is 29.6 Å². The molecule has 0 aromatic heterocycles. The monoisotopic (exact) mass is 252 g/mol. The minimum absolute atomic E-state index is 0.179. The van der Waals surface area contributed by atoms with Gasteiger partial charge in [0.1, 0.15) is 5.82 Å². The van der Waals surface area contributed by atoms with Gasteiger partial charge in [0.15, 0.2) is 0 Å². The second-order valence-electron chi connectivity index (χ2n) is 5.52. The van der Waals surface area contributed by atoms with Crippen molar-refractivity contribution in [1.29, 1.82) is 0 Å². The Bertz CT molecular complexity index is 432. The number of nitrogens with two attached hydrogens (primary N) is 1. The normalized spacial score (nSPS) is 20.8. The average molecular weight is 252 g/mol. The fraction of sp³-hybridized carbons (Fsp3) is 0.571. The van der Waals surface area contributed by atoms with Crippen molar-refractivity contribution >= 4 is 5.69 Å². The quantitative estimate of drug-likeness (QED) is 0.878. The van der Waals surface area contributed by atoms with E-state index in [9.17, 15) is 4.39 Å². The number of nitrogens with zero attached hydrogens (tertiary/aromatic N) is 1. The van der Waals surface area contributed by atoms with E-state index in [1.54, 1.807) is 0 Å². The Balaban J connectivity index is 2.32. The van der Waals surface area contributed by atoms with Crippen LogP contribution in [0.25, 0.3) is 0 Å². The number of ether oxygens (including phenoxy) is 1. The third kappa shape index (κ3) is 2.82. The summed E-state index contributed by atoms with van der Waals surface area (Å²) < 4.78 is 19.0. The average Bonchev–Trinajstić information content (AvgIpc) is 2.27. The molecule has 1 heterocycles. The van der Waals surface area contributed by atoms with Crippen LogP contribution in [0.2, 0.25) is 0 Å². The van der Waals surface area contributed by atoms with Crippen LogP contribution >= 0.6 is 0 Å². The fourth-order valence-electron chi connectivity index (χ4n) is 2.40. The van der Waals surface area contributed by atoms with E-state index < -0.39 is 0 Å². The smallest absolute Gasteiger partial charge is 0.123 e. The van der Waals surface area contributed by atoms with Gasteiger partial charge in [-0.1, -0.05) is 0 Å². The number of benzene rings is 1. The van der Waals surface area contributed by atoms with E-state index in [-0.39, 0.29) is 17.5 Å². The summed E-state index contributed by atoms with van der Waals surface area (Å²) in [5, 5.41) is 0. The zero-order valence-electron chi connectivity index (χ0n) is 11.2. The Hall–Kier alpha value is -1.13. The molecule has 1 aromatic rings. The number of morpholine rings is 1. The molecular weight excluding hydrogens is 231 g/mol. The SMILES string of the molecule is C[C@H](N)c1cc(F)ccc1N1CCOC(C)(C)C1. The van der Waals surface area contributed by atoms with E-state index in [2.05, 4.69) is 18.7 Å². The summed E-state index contributed by atoms with van der Waals surface area (Å²) >= 11 is 0. The molecule has 1 saturated heterocycles. The van der Waals surface area contributed by atoms with Crippen LogP contribution in [0.15, 0.2) is 18.2 Å². The molecule has 1 atom stereocenters. The highest BCUT2D eigenvalue weighted by Gasteiger charge is 2.28. The highest BCUT2D eigenvalue weighted by molar-refractivity contribution is 5.55. The van der Waals surface area contributed by atoms with Crippen LogP contribution < -0.4 is 10.6 Å². The first-order chi connectivity index (χ1) is 8.39. The number of hydrogen-bond donors (Lipinski definition) is 1. The number of rotatable bonds is 2. The maximum Gasteiger partial charge on any atom is 0.123 e. The van der Waals surface area contributed by atoms with Gasteiger partial charge in [-0.05, 0) is 44.5 Å². The Morgan fingerprint density at radius 3 is 2.78 bits per heavy atom. The van der Waals surface area contributed by atoms with Crippen LogP contribution in [0.3, 0.4) is 0 Å². The predicted molar refractivity (Wildman–Crippen MR) is 71.2 cm³/mol. The van der Waals surface area contributed by atoms with Crippen LogP contribution in [-0.4, -0.2) is 25.3 Å². The lowest BCUT2D eigenvalue weighted by Gasteiger charge is -2.40. The summed E-state index contributed by atoms with van der Waals surface area (Å²) in [6.45, 7) is 8.29. The van der Waals surface area contributed by atoms with Crippen LogP contribution in [0.4, 0.5) is 10.1 Å². The molecule has 1 aliphatic heterocycles. The van der Waals surface area contributed by atoms with E-state index in [1.807, 2.05) is 13.0 Å². The van der Waals surface area contributed by atoms with Gasteiger partial charge in [-0.2, -0.15) is 0 Å². The molecule has 18 heavy (non-hydrogen) atoms. The van der Waals surface area contributed by atoms with Crippen LogP contribution in [0, 0.1) is 5.82 Å². The van der Waals surface area contributed by atoms with Crippen molar-refractivity contribution in [2.75, 3.05) is 24.6 Å². The summed E-state index contributed by atoms with van der Waals surface area (Å²) in [6, 6.07) is 4.66. The second kappa shape index (κ2) is 4.86. The number of hydrogen-bond acceptors (Lipinski definition) is 3. The van der Waals surface area contributed by atoms with Crippen LogP contribution in [0.1, 0.15) is 32.4 Å². The van der Waals surface area contributed by atoms with E-state index in [0.29, 0.717) is 6.61 Å². The molecule has 0 bridgehead atoms. The minimum Gasteiger partial charge on any atom is -0.372 e. The molecule has 0 amide bonds. The molecule has 1 aliphatic rings. The largest absolute Gasteiger partial charge is 0.372 e. The highest BCUT2D eigenvalue weighted by Crippen LogP contribution is 2.29. The van der Waals surface area contributed by atoms with Gasteiger partial charge >= 0.3 is 0 Å². The van der Waals surface area contributed by atoms with Crippen LogP contribution in [-0.2, 0) is 4.74 Å². The molecule has 2 N–H and O–H groups in total. The van der Waals surface area contributed by atoms with Crippen molar-refractivity contribution < 1.29 is 9.13 Å². The molecular formula is C14H21FN2O. The lowest BCUT2D eigenvalue weighted by molar-refractivity contribution is -0.0277. The lowest BCUT2D eigenvalue weighted by Crippen LogP contribution is -2.48. The summed E-state index contributed by atoms with van der Waals surface area (Å²) in [4.78, 5) is 2.22. The molecule has 100 valence electrons. The van der Waals surface area contributed by atoms with Gasteiger partial charge in [0.2, 0.25) is 0 Å². The second-order valence-corrected chi connectivity index (χ2v) is 5.52. The summed E-state index contributed by atoms with van der Waals surface area (Å²) in [5.74, 6) is -0.237. The highest BCUT2D eigenvalue weighted by atomic mass is 19.1. The lowest BCUT2D eigenvalue weighted by atomic mass is 10.0. The van der Waals surface area contributed by atoms with Gasteiger partial charge in [-0.15, -0.1) is 0 Å². The molecule has 4 heteroatoms. The van der Waals surface area contributed by atoms with Crippen molar-refractivity contribution in [1.82, 2.24) is 0 Å². The van der Waals surface area contributed by atoms with E-state index in [4.69, 9.17) is 10.5 Å². The number of halogens is 1. The molecule has 0 radical (unpaired) electrons. The standard InChI is InChI=1S/C14H21FN2O/c1-10(16)12-8-11(15)4-5-13(12)17-6-7-18-14(2,3)9-17/h4-5,8,10H,6-7,9,16H2,1-3H3/t10-/m0/s1. The molecule has 1 fully saturated rings. The predicted octanol–water partition coefficient (Wildman–Crippen LogP) is 2.46. The van der Waals surface area contributed by atoms with Gasteiger partial charge in [0, 0.05) is 24.8 Å². The zero-order chi connectivity index (χ0) is 13.3. The Morgan fingerprint density at radius 2 is 2.17 bits per heavy atom. The Morgan fingerprint density at radius 1 is 1.44 bits per heavy atom. The summed E-state index contributed by atoms with van der Waals surface area (Å²) in [7, 11) is 0. The third-order valence-corrected chi connectivity index (χ3v) is 3.25. The minimum atomic E-state index is -0.237. The first-order valence-corrected chi connectivity index (χ1v) is 6.33. The maximum atomic E-state index is 13.3. The van der Waals surface area contributed by atoms with Gasteiger partial charge in [-0.25, -0.2) is 4.39 Å². The van der Waals surface area contributed by atoms with Crippen molar-refractivity contribution in [2.24, 2.45) is 5.73 Å². The Kier molecular flexibility index (Phi) is 3.59. The fourth-order valence-corrected chi connectivity index (χ4v) is 2.40. The topological polar surface area (TPSA) is 38.5 Å². The molecule has 0 saturated carbocycles.